The van der Waals surface area contributed by atoms with Crippen molar-refractivity contribution in [2.24, 2.45) is 11.8 Å². The van der Waals surface area contributed by atoms with Crippen LogP contribution in [0.2, 0.25) is 5.02 Å². The Morgan fingerprint density at radius 2 is 1.86 bits per heavy atom. The van der Waals surface area contributed by atoms with Crippen LogP contribution in [0.4, 0.5) is 10.2 Å². The second kappa shape index (κ2) is 16.5. The summed E-state index contributed by atoms with van der Waals surface area (Å²) in [5, 5.41) is 0.120. The van der Waals surface area contributed by atoms with E-state index in [1.54, 1.807) is 6.07 Å². The summed E-state index contributed by atoms with van der Waals surface area (Å²) >= 11 is 6.19. The molecule has 196 valence electrons. The fourth-order valence-electron chi connectivity index (χ4n) is 3.83. The number of aromatic nitrogens is 2. The molecule has 2 unspecified atom stereocenters. The predicted octanol–water partition coefficient (Wildman–Crippen LogP) is 8.28. The Hall–Kier alpha value is -2.21. The minimum atomic E-state index is -0.540. The number of hydrogen-bond acceptors (Lipinski definition) is 5. The number of carbonyl (C=O) groups excluding carboxylic acids is 1. The van der Waals surface area contributed by atoms with E-state index in [-0.39, 0.29) is 16.8 Å². The molecular formula is C28H43ClFN3O2. The summed E-state index contributed by atoms with van der Waals surface area (Å²) in [6.07, 6.45) is 10.4. The van der Waals surface area contributed by atoms with E-state index >= 15 is 0 Å². The Labute approximate surface area is 216 Å². The van der Waals surface area contributed by atoms with Gasteiger partial charge in [0.15, 0.2) is 5.69 Å². The molecule has 1 aromatic carbocycles. The van der Waals surface area contributed by atoms with Crippen molar-refractivity contribution in [3.05, 3.63) is 52.7 Å². The lowest BCUT2D eigenvalue weighted by Gasteiger charge is -2.32. The normalized spacial score (nSPS) is 14.0. The lowest BCUT2D eigenvalue weighted by molar-refractivity contribution is 0.0593. The van der Waals surface area contributed by atoms with Crippen LogP contribution in [0.5, 0.6) is 0 Å². The molecule has 1 aromatic heterocycles. The highest BCUT2D eigenvalue weighted by Crippen LogP contribution is 2.36. The van der Waals surface area contributed by atoms with E-state index in [0.717, 1.165) is 18.3 Å². The highest BCUT2D eigenvalue weighted by atomic mass is 35.5. The maximum Gasteiger partial charge on any atom is 0.358 e. The SMILES string of the molecule is CC.CCC(C)CC1CC1.CCCN(c1cnc(C(=O)OC)cn1)C(CC)c1cccc(F)c1Cl. The van der Waals surface area contributed by atoms with Gasteiger partial charge in [-0.3, -0.25) is 0 Å². The van der Waals surface area contributed by atoms with Crippen molar-refractivity contribution in [2.75, 3.05) is 18.6 Å². The van der Waals surface area contributed by atoms with Gasteiger partial charge < -0.3 is 9.64 Å². The van der Waals surface area contributed by atoms with Gasteiger partial charge in [-0.05, 0) is 42.7 Å². The number of halogens is 2. The zero-order valence-corrected chi connectivity index (χ0v) is 23.2. The molecule has 1 saturated carbocycles. The van der Waals surface area contributed by atoms with E-state index in [1.807, 2.05) is 38.7 Å². The molecular weight excluding hydrogens is 465 g/mol. The Kier molecular flexibility index (Phi) is 14.5. The van der Waals surface area contributed by atoms with Crippen LogP contribution in [0.15, 0.2) is 30.6 Å². The molecule has 0 bridgehead atoms. The molecule has 2 aromatic rings. The molecule has 0 aliphatic heterocycles. The zero-order valence-electron chi connectivity index (χ0n) is 22.5. The van der Waals surface area contributed by atoms with Crippen LogP contribution in [0.25, 0.3) is 0 Å². The largest absolute Gasteiger partial charge is 0.464 e. The van der Waals surface area contributed by atoms with E-state index in [0.29, 0.717) is 24.3 Å². The first-order chi connectivity index (χ1) is 16.9. The van der Waals surface area contributed by atoms with E-state index < -0.39 is 11.8 Å². The maximum absolute atomic E-state index is 13.9. The maximum atomic E-state index is 13.9. The monoisotopic (exact) mass is 507 g/mol. The third-order valence-electron chi connectivity index (χ3n) is 6.02. The number of carbonyl (C=O) groups is 1. The van der Waals surface area contributed by atoms with Gasteiger partial charge in [0.05, 0.1) is 30.6 Å². The second-order valence-corrected chi connectivity index (χ2v) is 9.08. The molecule has 0 N–H and O–H groups in total. The zero-order chi connectivity index (χ0) is 26.4. The van der Waals surface area contributed by atoms with Crippen molar-refractivity contribution >= 4 is 23.4 Å². The summed E-state index contributed by atoms with van der Waals surface area (Å²) in [5.41, 5.74) is 0.844. The molecule has 0 radical (unpaired) electrons. The van der Waals surface area contributed by atoms with Crippen LogP contribution in [0.3, 0.4) is 0 Å². The molecule has 0 amide bonds. The van der Waals surface area contributed by atoms with Crippen molar-refractivity contribution in [1.29, 1.82) is 0 Å². The van der Waals surface area contributed by atoms with Crippen molar-refractivity contribution in [3.63, 3.8) is 0 Å². The number of nitrogens with zero attached hydrogens (tertiary/aromatic N) is 3. The smallest absolute Gasteiger partial charge is 0.358 e. The van der Waals surface area contributed by atoms with Gasteiger partial charge in [0.1, 0.15) is 11.6 Å². The van der Waals surface area contributed by atoms with Gasteiger partial charge in [-0.25, -0.2) is 19.2 Å². The molecule has 1 fully saturated rings. The number of hydrogen-bond donors (Lipinski definition) is 0. The number of esters is 1. The first-order valence-electron chi connectivity index (χ1n) is 13.0. The Morgan fingerprint density at radius 1 is 1.17 bits per heavy atom. The van der Waals surface area contributed by atoms with E-state index in [1.165, 1.54) is 51.3 Å². The third kappa shape index (κ3) is 9.75. The summed E-state index contributed by atoms with van der Waals surface area (Å²) in [7, 11) is 1.29. The molecule has 1 aliphatic rings. The molecule has 2 atom stereocenters. The van der Waals surface area contributed by atoms with Crippen molar-refractivity contribution in [1.82, 2.24) is 9.97 Å². The number of rotatable bonds is 10. The summed E-state index contributed by atoms with van der Waals surface area (Å²) in [6, 6.07) is 4.66. The highest BCUT2D eigenvalue weighted by Gasteiger charge is 2.24. The molecule has 3 rings (SSSR count). The fraction of sp³-hybridized carbons (Fsp3) is 0.607. The standard InChI is InChI=1S/C18H21ClFN3O2.C8H16.C2H6/c1-4-9-23(16-11-21-14(10-22-16)18(24)25-3)15(5-2)12-7-6-8-13(20)17(12)19;1-3-7(2)6-8-4-5-8;1-2/h6-8,10-11,15H,4-5,9H2,1-3H3;7-8H,3-6H2,1-2H3;1-2H3. The number of benzene rings is 1. The second-order valence-electron chi connectivity index (χ2n) is 8.70. The predicted molar refractivity (Wildman–Crippen MR) is 144 cm³/mol. The average molecular weight is 508 g/mol. The summed E-state index contributed by atoms with van der Waals surface area (Å²) in [5.74, 6) is 1.73. The van der Waals surface area contributed by atoms with Gasteiger partial charge in [0, 0.05) is 6.54 Å². The third-order valence-corrected chi connectivity index (χ3v) is 6.42. The van der Waals surface area contributed by atoms with Gasteiger partial charge in [-0.1, -0.05) is 84.5 Å². The van der Waals surface area contributed by atoms with Crippen molar-refractivity contribution in [3.8, 4) is 0 Å². The summed E-state index contributed by atoms with van der Waals surface area (Å²) < 4.78 is 18.5. The van der Waals surface area contributed by atoms with E-state index in [2.05, 4.69) is 28.6 Å². The van der Waals surface area contributed by atoms with Gasteiger partial charge in [-0.2, -0.15) is 0 Å². The van der Waals surface area contributed by atoms with Crippen LogP contribution in [0.1, 0.15) is 102 Å². The lowest BCUT2D eigenvalue weighted by Crippen LogP contribution is -2.30. The Bertz CT molecular complexity index is 875. The molecule has 0 spiro atoms. The molecule has 35 heavy (non-hydrogen) atoms. The molecule has 5 nitrogen and oxygen atoms in total. The Morgan fingerprint density at radius 3 is 2.34 bits per heavy atom. The Balaban J connectivity index is 0.000000512. The van der Waals surface area contributed by atoms with E-state index in [9.17, 15) is 9.18 Å². The number of ether oxygens (including phenoxy) is 1. The molecule has 7 heteroatoms. The van der Waals surface area contributed by atoms with Crippen LogP contribution in [0, 0.1) is 17.7 Å². The van der Waals surface area contributed by atoms with Crippen LogP contribution in [-0.2, 0) is 4.74 Å². The van der Waals surface area contributed by atoms with Gasteiger partial charge in [0.2, 0.25) is 0 Å². The summed E-state index contributed by atoms with van der Waals surface area (Å²) in [6.45, 7) is 13.4. The van der Waals surface area contributed by atoms with Crippen LogP contribution < -0.4 is 4.90 Å². The van der Waals surface area contributed by atoms with E-state index in [4.69, 9.17) is 11.6 Å². The van der Waals surface area contributed by atoms with Gasteiger partial charge in [-0.15, -0.1) is 0 Å². The van der Waals surface area contributed by atoms with Gasteiger partial charge in [0.25, 0.3) is 0 Å². The average Bonchev–Trinajstić information content (AvgIpc) is 3.71. The van der Waals surface area contributed by atoms with Crippen molar-refractivity contribution in [2.45, 2.75) is 86.1 Å². The topological polar surface area (TPSA) is 55.3 Å². The minimum absolute atomic E-state index is 0.120. The molecule has 1 aliphatic carbocycles. The fourth-order valence-corrected chi connectivity index (χ4v) is 4.08. The summed E-state index contributed by atoms with van der Waals surface area (Å²) in [4.78, 5) is 22.0. The highest BCUT2D eigenvalue weighted by molar-refractivity contribution is 6.31. The lowest BCUT2D eigenvalue weighted by atomic mass is 10.0. The molecule has 1 heterocycles. The number of methoxy groups -OCH3 is 1. The van der Waals surface area contributed by atoms with Crippen LogP contribution >= 0.6 is 11.6 Å². The van der Waals surface area contributed by atoms with Crippen molar-refractivity contribution < 1.29 is 13.9 Å². The first-order valence-corrected chi connectivity index (χ1v) is 13.3. The van der Waals surface area contributed by atoms with Gasteiger partial charge >= 0.3 is 5.97 Å². The quantitative estimate of drug-likeness (QED) is 0.303. The minimum Gasteiger partial charge on any atom is -0.464 e. The number of anilines is 1. The molecule has 0 saturated heterocycles. The first kappa shape index (κ1) is 30.8. The van der Waals surface area contributed by atoms with Crippen LogP contribution in [-0.4, -0.2) is 29.6 Å².